The number of benzene rings is 1. The van der Waals surface area contributed by atoms with Crippen molar-refractivity contribution in [1.29, 1.82) is 0 Å². The van der Waals surface area contributed by atoms with E-state index >= 15 is 0 Å². The van der Waals surface area contributed by atoms with Crippen molar-refractivity contribution in [1.82, 2.24) is 9.78 Å². The van der Waals surface area contributed by atoms with Crippen LogP contribution in [-0.2, 0) is 13.2 Å². The van der Waals surface area contributed by atoms with Crippen LogP contribution in [0.2, 0.25) is 0 Å². The van der Waals surface area contributed by atoms with E-state index in [1.54, 1.807) is 0 Å². The third-order valence-electron chi connectivity index (χ3n) is 2.81. The summed E-state index contributed by atoms with van der Waals surface area (Å²) < 4.78 is 53.2. The Hall–Kier alpha value is -1.41. The lowest BCUT2D eigenvalue weighted by molar-refractivity contribution is -0.137. The molecule has 1 N–H and O–H groups in total. The molecule has 1 aromatic carbocycles. The third-order valence-corrected chi connectivity index (χ3v) is 3.43. The standard InChI is InChI=1S/C12H9BrF4N2O/c1-19-10(8(13)5-18-19)11(20)7-4-6(12(15,16)17)2-3-9(7)14/h2-5,11,20H,1H3. The van der Waals surface area contributed by atoms with Crippen LogP contribution < -0.4 is 0 Å². The summed E-state index contributed by atoms with van der Waals surface area (Å²) in [4.78, 5) is 0. The number of nitrogens with zero attached hydrogens (tertiary/aromatic N) is 2. The number of alkyl halides is 3. The smallest absolute Gasteiger partial charge is 0.382 e. The predicted octanol–water partition coefficient (Wildman–Crippen LogP) is 3.42. The lowest BCUT2D eigenvalue weighted by atomic mass is 10.0. The first-order valence-corrected chi connectivity index (χ1v) is 6.23. The lowest BCUT2D eigenvalue weighted by Gasteiger charge is -2.15. The number of halogens is 5. The van der Waals surface area contributed by atoms with E-state index in [0.717, 1.165) is 0 Å². The molecular formula is C12H9BrF4N2O. The van der Waals surface area contributed by atoms with Crippen molar-refractivity contribution in [2.24, 2.45) is 7.05 Å². The van der Waals surface area contributed by atoms with Crippen LogP contribution in [0.25, 0.3) is 0 Å². The zero-order chi connectivity index (χ0) is 15.1. The van der Waals surface area contributed by atoms with Crippen LogP contribution in [-0.4, -0.2) is 14.9 Å². The molecule has 2 aromatic rings. The van der Waals surface area contributed by atoms with Gasteiger partial charge in [-0.05, 0) is 34.1 Å². The molecule has 0 aliphatic carbocycles. The predicted molar refractivity (Wildman–Crippen MR) is 66.4 cm³/mol. The first-order chi connectivity index (χ1) is 9.21. The van der Waals surface area contributed by atoms with Crippen LogP contribution in [0.3, 0.4) is 0 Å². The number of hydrogen-bond donors (Lipinski definition) is 1. The van der Waals surface area contributed by atoms with Crippen molar-refractivity contribution < 1.29 is 22.7 Å². The topological polar surface area (TPSA) is 38.0 Å². The van der Waals surface area contributed by atoms with Crippen molar-refractivity contribution in [2.75, 3.05) is 0 Å². The molecule has 3 nitrogen and oxygen atoms in total. The molecule has 0 saturated heterocycles. The molecule has 0 radical (unpaired) electrons. The van der Waals surface area contributed by atoms with Crippen LogP contribution in [0.1, 0.15) is 22.9 Å². The summed E-state index contributed by atoms with van der Waals surface area (Å²) in [6, 6.07) is 1.91. The Bertz CT molecular complexity index is 619. The van der Waals surface area contributed by atoms with Gasteiger partial charge in [-0.2, -0.15) is 18.3 Å². The van der Waals surface area contributed by atoms with E-state index in [2.05, 4.69) is 21.0 Å². The molecule has 0 fully saturated rings. The van der Waals surface area contributed by atoms with Gasteiger partial charge in [0.2, 0.25) is 0 Å². The minimum Gasteiger partial charge on any atom is -0.382 e. The monoisotopic (exact) mass is 352 g/mol. The van der Waals surface area contributed by atoms with Gasteiger partial charge in [0.1, 0.15) is 11.9 Å². The van der Waals surface area contributed by atoms with Crippen LogP contribution in [0, 0.1) is 5.82 Å². The second-order valence-electron chi connectivity index (χ2n) is 4.14. The Labute approximate surface area is 120 Å². The molecule has 1 aromatic heterocycles. The number of aliphatic hydroxyl groups is 1. The van der Waals surface area contributed by atoms with Crippen LogP contribution in [0.15, 0.2) is 28.9 Å². The maximum Gasteiger partial charge on any atom is 0.416 e. The molecule has 0 bridgehead atoms. The highest BCUT2D eigenvalue weighted by atomic mass is 79.9. The number of hydrogen-bond acceptors (Lipinski definition) is 2. The summed E-state index contributed by atoms with van der Waals surface area (Å²) >= 11 is 3.11. The minimum atomic E-state index is -4.61. The van der Waals surface area contributed by atoms with Gasteiger partial charge in [-0.1, -0.05) is 0 Å². The van der Waals surface area contributed by atoms with E-state index in [4.69, 9.17) is 0 Å². The molecule has 0 aliphatic heterocycles. The third kappa shape index (κ3) is 2.71. The summed E-state index contributed by atoms with van der Waals surface area (Å²) in [6.07, 6.45) is -4.80. The van der Waals surface area contributed by atoms with Crippen LogP contribution >= 0.6 is 15.9 Å². The van der Waals surface area contributed by atoms with E-state index in [1.165, 1.54) is 17.9 Å². The van der Waals surface area contributed by atoms with Gasteiger partial charge < -0.3 is 5.11 Å². The average molecular weight is 353 g/mol. The fraction of sp³-hybridized carbons (Fsp3) is 0.250. The quantitative estimate of drug-likeness (QED) is 0.841. The van der Waals surface area contributed by atoms with Gasteiger partial charge in [-0.25, -0.2) is 4.39 Å². The van der Waals surface area contributed by atoms with E-state index in [1.807, 2.05) is 0 Å². The number of aryl methyl sites for hydroxylation is 1. The van der Waals surface area contributed by atoms with Crippen LogP contribution in [0.5, 0.6) is 0 Å². The molecule has 0 spiro atoms. The zero-order valence-electron chi connectivity index (χ0n) is 10.1. The largest absolute Gasteiger partial charge is 0.416 e. The maximum atomic E-state index is 13.7. The molecule has 1 unspecified atom stereocenters. The number of rotatable bonds is 2. The molecule has 0 aliphatic rings. The Morgan fingerprint density at radius 2 is 2.00 bits per heavy atom. The summed E-state index contributed by atoms with van der Waals surface area (Å²) in [6.45, 7) is 0. The Morgan fingerprint density at radius 3 is 2.50 bits per heavy atom. The summed E-state index contributed by atoms with van der Waals surface area (Å²) in [5.41, 5.74) is -1.31. The first-order valence-electron chi connectivity index (χ1n) is 5.44. The molecule has 108 valence electrons. The van der Waals surface area contributed by atoms with Gasteiger partial charge in [-0.3, -0.25) is 4.68 Å². The zero-order valence-corrected chi connectivity index (χ0v) is 11.7. The minimum absolute atomic E-state index is 0.170. The lowest BCUT2D eigenvalue weighted by Crippen LogP contribution is -2.12. The Balaban J connectivity index is 2.52. The average Bonchev–Trinajstić information content (AvgIpc) is 2.67. The second kappa shape index (κ2) is 5.17. The van der Waals surface area contributed by atoms with Gasteiger partial charge in [0.05, 0.1) is 21.9 Å². The number of aromatic nitrogens is 2. The fourth-order valence-electron chi connectivity index (χ4n) is 1.80. The first kappa shape index (κ1) is 15.0. The summed E-state index contributed by atoms with van der Waals surface area (Å²) in [7, 11) is 1.49. The highest BCUT2D eigenvalue weighted by Gasteiger charge is 2.32. The van der Waals surface area contributed by atoms with Gasteiger partial charge in [0.25, 0.3) is 0 Å². The van der Waals surface area contributed by atoms with Crippen molar-refractivity contribution >= 4 is 15.9 Å². The molecule has 1 atom stereocenters. The van der Waals surface area contributed by atoms with E-state index in [-0.39, 0.29) is 5.69 Å². The van der Waals surface area contributed by atoms with Crippen molar-refractivity contribution in [3.8, 4) is 0 Å². The van der Waals surface area contributed by atoms with Gasteiger partial charge >= 0.3 is 6.18 Å². The van der Waals surface area contributed by atoms with E-state index in [0.29, 0.717) is 22.7 Å². The molecule has 0 amide bonds. The van der Waals surface area contributed by atoms with Gasteiger partial charge in [0, 0.05) is 12.6 Å². The molecule has 8 heteroatoms. The molecule has 0 saturated carbocycles. The Morgan fingerprint density at radius 1 is 1.35 bits per heavy atom. The molecular weight excluding hydrogens is 344 g/mol. The van der Waals surface area contributed by atoms with Gasteiger partial charge in [0.15, 0.2) is 0 Å². The second-order valence-corrected chi connectivity index (χ2v) is 4.99. The van der Waals surface area contributed by atoms with Crippen molar-refractivity contribution in [3.05, 3.63) is 51.5 Å². The van der Waals surface area contributed by atoms with Crippen molar-refractivity contribution in [2.45, 2.75) is 12.3 Å². The van der Waals surface area contributed by atoms with E-state index < -0.39 is 29.2 Å². The summed E-state index contributed by atoms with van der Waals surface area (Å²) in [5.74, 6) is -0.918. The molecule has 20 heavy (non-hydrogen) atoms. The fourth-order valence-corrected chi connectivity index (χ4v) is 2.37. The van der Waals surface area contributed by atoms with E-state index in [9.17, 15) is 22.7 Å². The van der Waals surface area contributed by atoms with Crippen molar-refractivity contribution in [3.63, 3.8) is 0 Å². The highest BCUT2D eigenvalue weighted by Crippen LogP contribution is 2.34. The van der Waals surface area contributed by atoms with Crippen LogP contribution in [0.4, 0.5) is 17.6 Å². The summed E-state index contributed by atoms with van der Waals surface area (Å²) in [5, 5.41) is 13.9. The molecule has 1 heterocycles. The Kier molecular flexibility index (Phi) is 3.88. The maximum absolute atomic E-state index is 13.7. The normalized spacial score (nSPS) is 13.6. The highest BCUT2D eigenvalue weighted by molar-refractivity contribution is 9.10. The van der Waals surface area contributed by atoms with Gasteiger partial charge in [-0.15, -0.1) is 0 Å². The molecule has 2 rings (SSSR count). The SMILES string of the molecule is Cn1ncc(Br)c1C(O)c1cc(C(F)(F)F)ccc1F. The number of aliphatic hydroxyl groups excluding tert-OH is 1.